The van der Waals surface area contributed by atoms with Crippen molar-refractivity contribution < 1.29 is 14.3 Å². The maximum atomic E-state index is 12.0. The number of rotatable bonds is 3. The van der Waals surface area contributed by atoms with E-state index < -0.39 is 6.16 Å². The molecule has 3 N–H and O–H groups in total. The van der Waals surface area contributed by atoms with Crippen LogP contribution < -0.4 is 11.1 Å². The number of dihydropyridines is 1. The largest absolute Gasteiger partial charge is 0.513 e. The van der Waals surface area contributed by atoms with Crippen LogP contribution in [0.15, 0.2) is 47.1 Å². The van der Waals surface area contributed by atoms with Gasteiger partial charge in [0, 0.05) is 11.4 Å². The molecule has 0 aliphatic carbocycles. The van der Waals surface area contributed by atoms with Crippen molar-refractivity contribution in [1.29, 1.82) is 0 Å². The quantitative estimate of drug-likeness (QED) is 0.832. The van der Waals surface area contributed by atoms with E-state index in [4.69, 9.17) is 15.2 Å². The Labute approximate surface area is 137 Å². The summed E-state index contributed by atoms with van der Waals surface area (Å²) in [5, 5.41) is 3.16. The van der Waals surface area contributed by atoms with Crippen molar-refractivity contribution in [2.45, 2.75) is 46.6 Å². The van der Waals surface area contributed by atoms with Gasteiger partial charge in [-0.2, -0.15) is 0 Å². The number of ether oxygens (including phenoxy) is 2. The minimum atomic E-state index is -0.720. The number of benzene rings is 1. The van der Waals surface area contributed by atoms with Crippen molar-refractivity contribution in [3.63, 3.8) is 0 Å². The van der Waals surface area contributed by atoms with Gasteiger partial charge >= 0.3 is 6.16 Å². The van der Waals surface area contributed by atoms with Gasteiger partial charge in [-0.05, 0) is 45.7 Å². The molecule has 1 aromatic rings. The smallest absolute Gasteiger partial charge is 0.431 e. The van der Waals surface area contributed by atoms with E-state index in [1.807, 2.05) is 45.0 Å². The third kappa shape index (κ3) is 3.67. The Bertz CT molecular complexity index is 675. The Kier molecular flexibility index (Phi) is 4.98. The SMILES string of the molecule is CC1=C(N)C(c2ccccc2C)C(OC(=O)OC(C)C)=C(C)N1. The van der Waals surface area contributed by atoms with E-state index in [1.54, 1.807) is 13.8 Å². The van der Waals surface area contributed by atoms with Crippen molar-refractivity contribution in [3.05, 3.63) is 58.2 Å². The molecule has 23 heavy (non-hydrogen) atoms. The lowest BCUT2D eigenvalue weighted by Gasteiger charge is -2.30. The summed E-state index contributed by atoms with van der Waals surface area (Å²) in [5.41, 5.74) is 10.7. The molecule has 5 heteroatoms. The molecule has 124 valence electrons. The molecule has 1 aliphatic rings. The Morgan fingerprint density at radius 3 is 2.43 bits per heavy atom. The summed E-state index contributed by atoms with van der Waals surface area (Å²) in [6.07, 6.45) is -0.964. The lowest BCUT2D eigenvalue weighted by molar-refractivity contribution is 0.0498. The van der Waals surface area contributed by atoms with Gasteiger partial charge in [0.05, 0.1) is 17.7 Å². The van der Waals surface area contributed by atoms with Crippen LogP contribution >= 0.6 is 0 Å². The fourth-order valence-corrected chi connectivity index (χ4v) is 2.65. The van der Waals surface area contributed by atoms with Crippen LogP contribution in [0.2, 0.25) is 0 Å². The monoisotopic (exact) mass is 316 g/mol. The highest BCUT2D eigenvalue weighted by atomic mass is 16.7. The zero-order valence-corrected chi connectivity index (χ0v) is 14.3. The summed E-state index contributed by atoms with van der Waals surface area (Å²) in [6.45, 7) is 9.34. The molecule has 2 rings (SSSR count). The second kappa shape index (κ2) is 6.77. The van der Waals surface area contributed by atoms with E-state index >= 15 is 0 Å². The van der Waals surface area contributed by atoms with Gasteiger partial charge in [-0.1, -0.05) is 24.3 Å². The summed E-state index contributed by atoms with van der Waals surface area (Å²) < 4.78 is 10.6. The standard InChI is InChI=1S/C18H24N2O3/c1-10(2)22-18(21)23-17-13(5)20-12(4)16(19)15(17)14-9-7-6-8-11(14)3/h6-10,15,20H,19H2,1-5H3. The van der Waals surface area contributed by atoms with E-state index in [1.165, 1.54) is 0 Å². The van der Waals surface area contributed by atoms with Crippen LogP contribution in [0.5, 0.6) is 0 Å². The number of carbonyl (C=O) groups excluding carboxylic acids is 1. The van der Waals surface area contributed by atoms with Crippen molar-refractivity contribution in [3.8, 4) is 0 Å². The van der Waals surface area contributed by atoms with Crippen molar-refractivity contribution in [2.24, 2.45) is 5.73 Å². The van der Waals surface area contributed by atoms with Crippen LogP contribution in [0, 0.1) is 6.92 Å². The van der Waals surface area contributed by atoms with Crippen LogP contribution in [0.1, 0.15) is 44.7 Å². The van der Waals surface area contributed by atoms with Crippen molar-refractivity contribution in [1.82, 2.24) is 5.32 Å². The molecule has 1 aromatic carbocycles. The zero-order chi connectivity index (χ0) is 17.1. The molecule has 0 spiro atoms. The van der Waals surface area contributed by atoms with Crippen LogP contribution in [0.3, 0.4) is 0 Å². The second-order valence-electron chi connectivity index (χ2n) is 6.00. The summed E-state index contributed by atoms with van der Waals surface area (Å²) in [7, 11) is 0. The lowest BCUT2D eigenvalue weighted by Crippen LogP contribution is -2.30. The van der Waals surface area contributed by atoms with Gasteiger partial charge in [0.25, 0.3) is 0 Å². The Balaban J connectivity index is 2.43. The fourth-order valence-electron chi connectivity index (χ4n) is 2.65. The number of hydrogen-bond acceptors (Lipinski definition) is 5. The lowest BCUT2D eigenvalue weighted by atomic mass is 9.87. The molecular weight excluding hydrogens is 292 g/mol. The van der Waals surface area contributed by atoms with Crippen molar-refractivity contribution >= 4 is 6.16 Å². The van der Waals surface area contributed by atoms with Gasteiger partial charge in [0.2, 0.25) is 0 Å². The number of allylic oxidation sites excluding steroid dienone is 2. The number of hydrogen-bond donors (Lipinski definition) is 2. The molecule has 0 radical (unpaired) electrons. The normalized spacial score (nSPS) is 18.1. The Hall–Kier alpha value is -2.43. The molecule has 0 fully saturated rings. The van der Waals surface area contributed by atoms with E-state index in [9.17, 15) is 4.79 Å². The molecule has 0 saturated carbocycles. The molecule has 0 bridgehead atoms. The second-order valence-corrected chi connectivity index (χ2v) is 6.00. The maximum absolute atomic E-state index is 12.0. The van der Waals surface area contributed by atoms with Crippen LogP contribution in [0.4, 0.5) is 4.79 Å². The fraction of sp³-hybridized carbons (Fsp3) is 0.389. The minimum Gasteiger partial charge on any atom is -0.431 e. The van der Waals surface area contributed by atoms with Gasteiger partial charge in [-0.3, -0.25) is 0 Å². The third-order valence-electron chi connectivity index (χ3n) is 3.78. The first-order valence-corrected chi connectivity index (χ1v) is 7.69. The average Bonchev–Trinajstić information content (AvgIpc) is 2.45. The van der Waals surface area contributed by atoms with Gasteiger partial charge in [0.15, 0.2) is 0 Å². The molecular formula is C18H24N2O3. The number of carbonyl (C=O) groups is 1. The molecule has 0 saturated heterocycles. The summed E-state index contributed by atoms with van der Waals surface area (Å²) in [4.78, 5) is 12.0. The van der Waals surface area contributed by atoms with Crippen LogP contribution in [0.25, 0.3) is 0 Å². The van der Waals surface area contributed by atoms with Gasteiger partial charge < -0.3 is 20.5 Å². The number of aryl methyl sites for hydroxylation is 1. The highest BCUT2D eigenvalue weighted by Crippen LogP contribution is 2.37. The van der Waals surface area contributed by atoms with E-state index in [2.05, 4.69) is 5.32 Å². The zero-order valence-electron chi connectivity index (χ0n) is 14.3. The highest BCUT2D eigenvalue weighted by molar-refractivity contribution is 5.63. The Morgan fingerprint density at radius 2 is 1.83 bits per heavy atom. The topological polar surface area (TPSA) is 73.6 Å². The highest BCUT2D eigenvalue weighted by Gasteiger charge is 2.31. The summed E-state index contributed by atoms with van der Waals surface area (Å²) in [5.74, 6) is 0.171. The van der Waals surface area contributed by atoms with E-state index in [0.29, 0.717) is 11.5 Å². The minimum absolute atomic E-state index is 0.244. The molecule has 0 aromatic heterocycles. The van der Waals surface area contributed by atoms with E-state index in [-0.39, 0.29) is 12.0 Å². The van der Waals surface area contributed by atoms with Crippen LogP contribution in [-0.2, 0) is 9.47 Å². The predicted octanol–water partition coefficient (Wildman–Crippen LogP) is 3.67. The molecule has 1 atom stereocenters. The molecule has 0 amide bonds. The maximum Gasteiger partial charge on any atom is 0.513 e. The molecule has 1 heterocycles. The van der Waals surface area contributed by atoms with E-state index in [0.717, 1.165) is 22.5 Å². The number of nitrogens with one attached hydrogen (secondary N) is 1. The van der Waals surface area contributed by atoms with Gasteiger partial charge in [0.1, 0.15) is 5.76 Å². The first-order valence-electron chi connectivity index (χ1n) is 7.69. The first kappa shape index (κ1) is 16.9. The molecule has 5 nitrogen and oxygen atoms in total. The summed E-state index contributed by atoms with van der Waals surface area (Å²) >= 11 is 0. The average molecular weight is 316 g/mol. The van der Waals surface area contributed by atoms with Gasteiger partial charge in [-0.15, -0.1) is 0 Å². The van der Waals surface area contributed by atoms with Crippen LogP contribution in [-0.4, -0.2) is 12.3 Å². The first-order chi connectivity index (χ1) is 10.8. The molecule has 1 unspecified atom stereocenters. The molecule has 1 aliphatic heterocycles. The predicted molar refractivity (Wildman–Crippen MR) is 89.3 cm³/mol. The van der Waals surface area contributed by atoms with Crippen molar-refractivity contribution in [2.75, 3.05) is 0 Å². The van der Waals surface area contributed by atoms with Gasteiger partial charge in [-0.25, -0.2) is 4.79 Å². The summed E-state index contributed by atoms with van der Waals surface area (Å²) in [6, 6.07) is 7.93. The third-order valence-corrected chi connectivity index (χ3v) is 3.78. The Morgan fingerprint density at radius 1 is 1.17 bits per heavy atom. The number of nitrogens with two attached hydrogens (primary N) is 1.